The molecule has 0 fully saturated rings. The third-order valence-corrected chi connectivity index (χ3v) is 3.93. The lowest BCUT2D eigenvalue weighted by Gasteiger charge is -2.17. The van der Waals surface area contributed by atoms with Crippen molar-refractivity contribution in [1.82, 2.24) is 19.9 Å². The van der Waals surface area contributed by atoms with E-state index in [1.54, 1.807) is 42.1 Å². The van der Waals surface area contributed by atoms with Crippen molar-refractivity contribution in [3.05, 3.63) is 53.8 Å². The number of nitrogens with zero attached hydrogens (tertiary/aromatic N) is 4. The fraction of sp³-hybridized carbons (Fsp3) is 0.278. The number of hydrogen-bond acceptors (Lipinski definition) is 4. The molecule has 3 rings (SSSR count). The van der Waals surface area contributed by atoms with E-state index in [1.807, 2.05) is 13.0 Å². The van der Waals surface area contributed by atoms with E-state index < -0.39 is 5.82 Å². The van der Waals surface area contributed by atoms with Crippen LogP contribution in [-0.4, -0.2) is 46.0 Å². The monoisotopic (exact) mass is 342 g/mol. The topological polar surface area (TPSA) is 60.2 Å². The summed E-state index contributed by atoms with van der Waals surface area (Å²) in [6.45, 7) is 3.25. The van der Waals surface area contributed by atoms with E-state index in [0.717, 1.165) is 12.1 Å². The van der Waals surface area contributed by atoms with Crippen molar-refractivity contribution in [2.45, 2.75) is 13.5 Å². The number of aryl methyl sites for hydroxylation is 1. The molecule has 3 aromatic rings. The zero-order valence-corrected chi connectivity index (χ0v) is 14.1. The molecule has 0 atom stereocenters. The first-order valence-electron chi connectivity index (χ1n) is 8.06. The maximum absolute atomic E-state index is 13.5. The van der Waals surface area contributed by atoms with E-state index in [0.29, 0.717) is 17.6 Å². The van der Waals surface area contributed by atoms with Gasteiger partial charge in [0.2, 0.25) is 0 Å². The lowest BCUT2D eigenvalue weighted by atomic mass is 10.1. The van der Waals surface area contributed by atoms with Gasteiger partial charge in [0.15, 0.2) is 11.6 Å². The third-order valence-electron chi connectivity index (χ3n) is 3.93. The first kappa shape index (κ1) is 16.9. The first-order chi connectivity index (χ1) is 12.1. The van der Waals surface area contributed by atoms with Crippen molar-refractivity contribution < 1.29 is 13.9 Å². The normalized spacial score (nSPS) is 10.8. The Morgan fingerprint density at radius 2 is 2.08 bits per heavy atom. The molecule has 0 N–H and O–H groups in total. The molecule has 1 amide bonds. The van der Waals surface area contributed by atoms with E-state index in [1.165, 1.54) is 11.0 Å². The minimum Gasteiger partial charge on any atom is -0.489 e. The van der Waals surface area contributed by atoms with Gasteiger partial charge in [-0.05, 0) is 37.3 Å². The Hall–Kier alpha value is -2.96. The molecule has 0 radical (unpaired) electrons. The van der Waals surface area contributed by atoms with Crippen LogP contribution in [0.3, 0.4) is 0 Å². The van der Waals surface area contributed by atoms with Gasteiger partial charge in [-0.1, -0.05) is 17.3 Å². The van der Waals surface area contributed by atoms with Crippen molar-refractivity contribution in [1.29, 1.82) is 0 Å². The average molecular weight is 342 g/mol. The first-order valence-corrected chi connectivity index (χ1v) is 8.06. The van der Waals surface area contributed by atoms with Crippen molar-refractivity contribution >= 4 is 16.9 Å². The van der Waals surface area contributed by atoms with Crippen molar-refractivity contribution in [3.63, 3.8) is 0 Å². The molecule has 1 heterocycles. The smallest absolute Gasteiger partial charge is 0.253 e. The quantitative estimate of drug-likeness (QED) is 0.691. The summed E-state index contributed by atoms with van der Waals surface area (Å²) in [6, 6.07) is 11.5. The number of hydrogen-bond donors (Lipinski definition) is 0. The Morgan fingerprint density at radius 1 is 1.28 bits per heavy atom. The van der Waals surface area contributed by atoms with Crippen LogP contribution in [-0.2, 0) is 6.54 Å². The molecule has 7 heteroatoms. The summed E-state index contributed by atoms with van der Waals surface area (Å²) < 4.78 is 20.7. The highest BCUT2D eigenvalue weighted by Crippen LogP contribution is 2.16. The molecule has 0 aliphatic rings. The number of halogens is 1. The predicted molar refractivity (Wildman–Crippen MR) is 92.1 cm³/mol. The van der Waals surface area contributed by atoms with Gasteiger partial charge < -0.3 is 9.64 Å². The summed E-state index contributed by atoms with van der Waals surface area (Å²) in [6.07, 6.45) is 0. The lowest BCUT2D eigenvalue weighted by Crippen LogP contribution is -2.30. The summed E-state index contributed by atoms with van der Waals surface area (Å²) in [5.74, 6) is -0.382. The van der Waals surface area contributed by atoms with Crippen LogP contribution in [0.15, 0.2) is 42.5 Å². The predicted octanol–water partition coefficient (Wildman–Crippen LogP) is 2.74. The van der Waals surface area contributed by atoms with Gasteiger partial charge in [-0.25, -0.2) is 9.07 Å². The van der Waals surface area contributed by atoms with Crippen molar-refractivity contribution in [3.8, 4) is 5.75 Å². The van der Waals surface area contributed by atoms with Crippen LogP contribution in [0.25, 0.3) is 11.0 Å². The molecule has 0 saturated carbocycles. The number of carbonyl (C=O) groups is 1. The Labute approximate surface area is 144 Å². The molecule has 0 aliphatic heterocycles. The largest absolute Gasteiger partial charge is 0.489 e. The molecule has 0 aliphatic carbocycles. The molecular formula is C18H19FN4O2. The Kier molecular flexibility index (Phi) is 4.92. The Balaban J connectivity index is 1.63. The number of fused-ring (bicyclic) bond motifs is 1. The molecule has 25 heavy (non-hydrogen) atoms. The third kappa shape index (κ3) is 3.60. The number of para-hydroxylation sites is 1. The van der Waals surface area contributed by atoms with Crippen LogP contribution >= 0.6 is 0 Å². The summed E-state index contributed by atoms with van der Waals surface area (Å²) in [4.78, 5) is 14.0. The maximum atomic E-state index is 13.5. The minimum absolute atomic E-state index is 0.148. The molecule has 6 nitrogen and oxygen atoms in total. The van der Waals surface area contributed by atoms with E-state index in [4.69, 9.17) is 4.74 Å². The van der Waals surface area contributed by atoms with Crippen LogP contribution in [0.1, 0.15) is 17.3 Å². The van der Waals surface area contributed by atoms with Gasteiger partial charge >= 0.3 is 0 Å². The lowest BCUT2D eigenvalue weighted by molar-refractivity contribution is 0.0773. The van der Waals surface area contributed by atoms with Gasteiger partial charge in [0.05, 0.1) is 12.1 Å². The fourth-order valence-electron chi connectivity index (χ4n) is 2.52. The van der Waals surface area contributed by atoms with E-state index in [2.05, 4.69) is 10.3 Å². The van der Waals surface area contributed by atoms with Crippen LogP contribution in [0, 0.1) is 5.82 Å². The second-order valence-corrected chi connectivity index (χ2v) is 5.61. The number of benzene rings is 2. The fourth-order valence-corrected chi connectivity index (χ4v) is 2.52. The van der Waals surface area contributed by atoms with Crippen molar-refractivity contribution in [2.75, 3.05) is 20.2 Å². The molecule has 1 aromatic heterocycles. The summed E-state index contributed by atoms with van der Waals surface area (Å²) >= 11 is 0. The zero-order chi connectivity index (χ0) is 17.8. The number of amides is 1. The number of likely N-dealkylation sites (N-methyl/N-ethyl adjacent to an activating group) is 1. The van der Waals surface area contributed by atoms with Gasteiger partial charge in [-0.3, -0.25) is 4.79 Å². The molecule has 130 valence electrons. The van der Waals surface area contributed by atoms with E-state index >= 15 is 0 Å². The van der Waals surface area contributed by atoms with Crippen LogP contribution in [0.4, 0.5) is 4.39 Å². The molecule has 0 spiro atoms. The second kappa shape index (κ2) is 7.29. The number of rotatable bonds is 6. The zero-order valence-electron chi connectivity index (χ0n) is 14.1. The van der Waals surface area contributed by atoms with E-state index in [9.17, 15) is 9.18 Å². The highest BCUT2D eigenvalue weighted by molar-refractivity contribution is 5.97. The van der Waals surface area contributed by atoms with Gasteiger partial charge in [0.1, 0.15) is 12.1 Å². The highest BCUT2D eigenvalue weighted by atomic mass is 19.1. The molecule has 0 bridgehead atoms. The molecule has 2 aromatic carbocycles. The van der Waals surface area contributed by atoms with Crippen LogP contribution in [0.5, 0.6) is 5.75 Å². The van der Waals surface area contributed by atoms with Crippen LogP contribution < -0.4 is 4.74 Å². The van der Waals surface area contributed by atoms with Crippen LogP contribution in [0.2, 0.25) is 0 Å². The standard InChI is InChI=1S/C18H19FN4O2/c1-3-23-16-9-8-13(12-15(16)20-21-23)18(24)22(2)10-11-25-17-7-5-4-6-14(17)19/h4-9,12H,3,10-11H2,1-2H3. The number of ether oxygens (including phenoxy) is 1. The van der Waals surface area contributed by atoms with Gasteiger partial charge in [0.25, 0.3) is 5.91 Å². The summed E-state index contributed by atoms with van der Waals surface area (Å²) in [5, 5.41) is 8.12. The Morgan fingerprint density at radius 3 is 2.84 bits per heavy atom. The highest BCUT2D eigenvalue weighted by Gasteiger charge is 2.14. The second-order valence-electron chi connectivity index (χ2n) is 5.61. The maximum Gasteiger partial charge on any atom is 0.253 e. The summed E-state index contributed by atoms with van der Waals surface area (Å²) in [7, 11) is 1.68. The van der Waals surface area contributed by atoms with Gasteiger partial charge in [-0.2, -0.15) is 0 Å². The minimum atomic E-state index is -0.416. The Bertz CT molecular complexity index is 894. The summed E-state index contributed by atoms with van der Waals surface area (Å²) in [5.41, 5.74) is 2.11. The van der Waals surface area contributed by atoms with Gasteiger partial charge in [0, 0.05) is 19.2 Å². The average Bonchev–Trinajstić information content (AvgIpc) is 3.04. The number of carbonyl (C=O) groups excluding carboxylic acids is 1. The van der Waals surface area contributed by atoms with E-state index in [-0.39, 0.29) is 18.3 Å². The molecule has 0 unspecified atom stereocenters. The molecular weight excluding hydrogens is 323 g/mol. The number of aromatic nitrogens is 3. The SMILES string of the molecule is CCn1nnc2cc(C(=O)N(C)CCOc3ccccc3F)ccc21. The molecule has 0 saturated heterocycles. The van der Waals surface area contributed by atoms with Gasteiger partial charge in [-0.15, -0.1) is 5.10 Å². The van der Waals surface area contributed by atoms with Crippen molar-refractivity contribution in [2.24, 2.45) is 0 Å².